The molecule has 4 rings (SSSR count). The van der Waals surface area contributed by atoms with E-state index in [4.69, 9.17) is 4.74 Å². The average molecular weight is 479 g/mol. The second-order valence-corrected chi connectivity index (χ2v) is 7.35. The van der Waals surface area contributed by atoms with E-state index >= 15 is 0 Å². The van der Waals surface area contributed by atoms with Crippen molar-refractivity contribution in [2.24, 2.45) is 7.05 Å². The van der Waals surface area contributed by atoms with Gasteiger partial charge in [-0.15, -0.1) is 0 Å². The van der Waals surface area contributed by atoms with Gasteiger partial charge in [0.1, 0.15) is 5.69 Å². The molecule has 2 aromatic heterocycles. The first-order valence-electron chi connectivity index (χ1n) is 10.2. The van der Waals surface area contributed by atoms with Crippen molar-refractivity contribution in [2.45, 2.75) is 12.7 Å². The van der Waals surface area contributed by atoms with E-state index in [0.29, 0.717) is 37.6 Å². The quantitative estimate of drug-likeness (QED) is 0.575. The average Bonchev–Trinajstić information content (AvgIpc) is 3.47. The molecule has 1 aromatic carbocycles. The summed E-state index contributed by atoms with van der Waals surface area (Å²) in [7, 11) is 1.60. The van der Waals surface area contributed by atoms with Gasteiger partial charge in [0.25, 0.3) is 5.91 Å². The monoisotopic (exact) mass is 479 g/mol. The number of amides is 3. The lowest BCUT2D eigenvalue weighted by Crippen LogP contribution is -2.43. The number of carbonyl (C=O) groups excluding carboxylic acids is 2. The third kappa shape index (κ3) is 5.17. The molecule has 180 valence electrons. The van der Waals surface area contributed by atoms with Crippen molar-refractivity contribution in [1.82, 2.24) is 30.1 Å². The smallest absolute Gasteiger partial charge is 0.378 e. The Labute approximate surface area is 190 Å². The lowest BCUT2D eigenvalue weighted by Gasteiger charge is -2.27. The van der Waals surface area contributed by atoms with Crippen LogP contribution < -0.4 is 10.6 Å². The van der Waals surface area contributed by atoms with Gasteiger partial charge in [0.05, 0.1) is 13.2 Å². The van der Waals surface area contributed by atoms with E-state index in [1.54, 1.807) is 11.9 Å². The van der Waals surface area contributed by atoms with Crippen LogP contribution in [0.5, 0.6) is 0 Å². The molecular formula is C20H20F3N7O4. The van der Waals surface area contributed by atoms with Gasteiger partial charge in [-0.1, -0.05) is 5.16 Å². The van der Waals surface area contributed by atoms with Gasteiger partial charge >= 0.3 is 18.1 Å². The van der Waals surface area contributed by atoms with Gasteiger partial charge in [0, 0.05) is 44.1 Å². The molecule has 0 saturated carbocycles. The molecule has 0 radical (unpaired) electrons. The maximum absolute atomic E-state index is 12.9. The van der Waals surface area contributed by atoms with E-state index in [-0.39, 0.29) is 29.7 Å². The van der Waals surface area contributed by atoms with Gasteiger partial charge < -0.3 is 24.8 Å². The van der Waals surface area contributed by atoms with E-state index in [1.807, 2.05) is 0 Å². The number of nitrogens with zero attached hydrogens (tertiary/aromatic N) is 5. The summed E-state index contributed by atoms with van der Waals surface area (Å²) >= 11 is 0. The zero-order chi connectivity index (χ0) is 24.3. The highest BCUT2D eigenvalue weighted by Gasteiger charge is 2.38. The highest BCUT2D eigenvalue weighted by atomic mass is 19.4. The van der Waals surface area contributed by atoms with E-state index in [2.05, 4.69) is 30.4 Å². The third-order valence-electron chi connectivity index (χ3n) is 5.06. The number of anilines is 1. The fraction of sp³-hybridized carbons (Fsp3) is 0.350. The number of benzene rings is 1. The van der Waals surface area contributed by atoms with Crippen LogP contribution in [-0.4, -0.2) is 63.1 Å². The van der Waals surface area contributed by atoms with Crippen LogP contribution in [0.2, 0.25) is 0 Å². The molecule has 2 N–H and O–H groups in total. The number of ether oxygens (including phenoxy) is 1. The van der Waals surface area contributed by atoms with Crippen LogP contribution in [0.3, 0.4) is 0 Å². The molecule has 1 saturated heterocycles. The first-order chi connectivity index (χ1) is 16.2. The van der Waals surface area contributed by atoms with Gasteiger partial charge in [-0.25, -0.2) is 4.79 Å². The molecule has 0 spiro atoms. The predicted octanol–water partition coefficient (Wildman–Crippen LogP) is 2.28. The molecule has 1 fully saturated rings. The van der Waals surface area contributed by atoms with Crippen LogP contribution in [0, 0.1) is 0 Å². The van der Waals surface area contributed by atoms with E-state index in [1.165, 1.54) is 35.1 Å². The van der Waals surface area contributed by atoms with E-state index in [0.717, 1.165) is 0 Å². The molecule has 14 heteroatoms. The lowest BCUT2D eigenvalue weighted by molar-refractivity contribution is -0.159. The van der Waals surface area contributed by atoms with Crippen LogP contribution in [0.15, 0.2) is 35.0 Å². The molecule has 34 heavy (non-hydrogen) atoms. The van der Waals surface area contributed by atoms with Crippen molar-refractivity contribution in [3.8, 4) is 11.4 Å². The van der Waals surface area contributed by atoms with Gasteiger partial charge in [0.15, 0.2) is 0 Å². The molecule has 3 heterocycles. The summed E-state index contributed by atoms with van der Waals surface area (Å²) in [5.74, 6) is -2.24. The number of rotatable bonds is 5. The number of aromatic nitrogens is 4. The number of hydrogen-bond donors (Lipinski definition) is 2. The molecule has 0 aliphatic carbocycles. The van der Waals surface area contributed by atoms with Crippen LogP contribution in [-0.2, 0) is 24.5 Å². The number of morpholine rings is 1. The van der Waals surface area contributed by atoms with E-state index < -0.39 is 18.0 Å². The van der Waals surface area contributed by atoms with Crippen LogP contribution in [0.25, 0.3) is 11.4 Å². The normalized spacial score (nSPS) is 14.2. The van der Waals surface area contributed by atoms with Gasteiger partial charge in [-0.2, -0.15) is 23.3 Å². The maximum Gasteiger partial charge on any atom is 0.471 e. The Morgan fingerprint density at radius 2 is 1.94 bits per heavy atom. The summed E-state index contributed by atoms with van der Waals surface area (Å²) in [4.78, 5) is 30.0. The van der Waals surface area contributed by atoms with Crippen molar-refractivity contribution >= 4 is 17.6 Å². The lowest BCUT2D eigenvalue weighted by atomic mass is 10.1. The summed E-state index contributed by atoms with van der Waals surface area (Å²) in [5, 5.41) is 12.8. The summed E-state index contributed by atoms with van der Waals surface area (Å²) < 4.78 is 49.7. The van der Waals surface area contributed by atoms with Crippen molar-refractivity contribution in [3.63, 3.8) is 0 Å². The Morgan fingerprint density at radius 1 is 1.18 bits per heavy atom. The Hall–Kier alpha value is -3.94. The minimum absolute atomic E-state index is 0.0868. The van der Waals surface area contributed by atoms with Crippen LogP contribution in [0.4, 0.5) is 23.7 Å². The van der Waals surface area contributed by atoms with Crippen molar-refractivity contribution < 1.29 is 32.0 Å². The standard InChI is InChI=1S/C20H20F3N7O4/c1-29-15(4-5-25-29)17(31)24-11-12-10-13(26-19(32)30-6-8-33-9-7-30)2-3-14(12)16-27-18(34-28-16)20(21,22)23/h2-5,10H,6-9,11H2,1H3,(H,24,31)(H,26,32). The molecule has 0 unspecified atom stereocenters. The van der Waals surface area contributed by atoms with Gasteiger partial charge in [-0.3, -0.25) is 9.48 Å². The molecular weight excluding hydrogens is 459 g/mol. The first-order valence-corrected chi connectivity index (χ1v) is 10.2. The zero-order valence-electron chi connectivity index (χ0n) is 17.9. The molecule has 0 atom stereocenters. The Kier molecular flexibility index (Phi) is 6.49. The van der Waals surface area contributed by atoms with Crippen LogP contribution in [0.1, 0.15) is 21.9 Å². The topological polar surface area (TPSA) is 127 Å². The Bertz CT molecular complexity index is 1190. The van der Waals surface area contributed by atoms with Gasteiger partial charge in [-0.05, 0) is 29.8 Å². The van der Waals surface area contributed by atoms with E-state index in [9.17, 15) is 22.8 Å². The first kappa shape index (κ1) is 23.2. The number of nitrogens with one attached hydrogen (secondary N) is 2. The van der Waals surface area contributed by atoms with Crippen molar-refractivity contribution in [2.75, 3.05) is 31.6 Å². The largest absolute Gasteiger partial charge is 0.471 e. The number of alkyl halides is 3. The number of urea groups is 1. The molecule has 3 aromatic rings. The second-order valence-electron chi connectivity index (χ2n) is 7.35. The Balaban J connectivity index is 1.59. The Morgan fingerprint density at radius 3 is 2.59 bits per heavy atom. The number of halogens is 3. The summed E-state index contributed by atoms with van der Waals surface area (Å²) in [6.07, 6.45) is -3.34. The van der Waals surface area contributed by atoms with Crippen LogP contribution >= 0.6 is 0 Å². The molecule has 3 amide bonds. The number of hydrogen-bond acceptors (Lipinski definition) is 7. The number of carbonyl (C=O) groups is 2. The third-order valence-corrected chi connectivity index (χ3v) is 5.06. The minimum Gasteiger partial charge on any atom is -0.378 e. The number of aryl methyl sites for hydroxylation is 1. The molecule has 1 aliphatic heterocycles. The molecule has 0 bridgehead atoms. The van der Waals surface area contributed by atoms with Gasteiger partial charge in [0.2, 0.25) is 5.82 Å². The summed E-state index contributed by atoms with van der Waals surface area (Å²) in [6, 6.07) is 5.65. The molecule has 1 aliphatic rings. The zero-order valence-corrected chi connectivity index (χ0v) is 17.9. The predicted molar refractivity (Wildman–Crippen MR) is 111 cm³/mol. The minimum atomic E-state index is -4.80. The fourth-order valence-electron chi connectivity index (χ4n) is 3.32. The van der Waals surface area contributed by atoms with Crippen molar-refractivity contribution in [3.05, 3.63) is 47.6 Å². The maximum atomic E-state index is 12.9. The highest BCUT2D eigenvalue weighted by molar-refractivity contribution is 5.92. The fourth-order valence-corrected chi connectivity index (χ4v) is 3.32. The molecule has 11 nitrogen and oxygen atoms in total. The summed E-state index contributed by atoms with van der Waals surface area (Å²) in [5.41, 5.74) is 1.24. The second kappa shape index (κ2) is 9.51. The highest BCUT2D eigenvalue weighted by Crippen LogP contribution is 2.31. The van der Waals surface area contributed by atoms with Crippen molar-refractivity contribution in [1.29, 1.82) is 0 Å². The SMILES string of the molecule is Cn1nccc1C(=O)NCc1cc(NC(=O)N2CCOCC2)ccc1-c1noc(C(F)(F)F)n1. The summed E-state index contributed by atoms with van der Waals surface area (Å²) in [6.45, 7) is 1.63.